The summed E-state index contributed by atoms with van der Waals surface area (Å²) in [4.78, 5) is 36.8. The van der Waals surface area contributed by atoms with Crippen LogP contribution in [-0.2, 0) is 0 Å². The lowest BCUT2D eigenvalue weighted by Crippen LogP contribution is -2.41. The molecule has 0 aliphatic rings. The van der Waals surface area contributed by atoms with E-state index in [9.17, 15) is 14.4 Å². The number of hydrogen-bond acceptors (Lipinski definition) is 3. The molecule has 0 heterocycles. The van der Waals surface area contributed by atoms with Gasteiger partial charge in [0.1, 0.15) is 0 Å². The number of hydrazine groups is 1. The molecule has 3 rings (SSSR count). The molecule has 0 spiro atoms. The molecule has 0 saturated heterocycles. The Morgan fingerprint density at radius 2 is 1.38 bits per heavy atom. The van der Waals surface area contributed by atoms with Crippen molar-refractivity contribution in [3.05, 3.63) is 100 Å². The number of hydrogen-bond donors (Lipinski definition) is 3. The minimum atomic E-state index is -0.515. The van der Waals surface area contributed by atoms with Crippen molar-refractivity contribution >= 4 is 35.0 Å². The third-order valence-electron chi connectivity index (χ3n) is 4.10. The largest absolute Gasteiger partial charge is 0.322 e. The summed E-state index contributed by atoms with van der Waals surface area (Å²) in [6.07, 6.45) is 0. The van der Waals surface area contributed by atoms with Crippen LogP contribution in [0.1, 0.15) is 36.6 Å². The second-order valence-electron chi connectivity index (χ2n) is 6.29. The van der Waals surface area contributed by atoms with Crippen molar-refractivity contribution in [2.75, 3.05) is 5.32 Å². The predicted octanol–water partition coefficient (Wildman–Crippen LogP) is 3.98. The first-order valence-corrected chi connectivity index (χ1v) is 9.15. The normalized spacial score (nSPS) is 10.1. The third-order valence-corrected chi connectivity index (χ3v) is 4.43. The van der Waals surface area contributed by atoms with Crippen LogP contribution >= 0.6 is 11.6 Å². The molecule has 0 atom stereocenters. The molecular formula is C22H18ClN3O3. The molecule has 6 nitrogen and oxygen atoms in total. The number of nitrogens with one attached hydrogen (secondary N) is 3. The molecule has 0 aliphatic heterocycles. The van der Waals surface area contributed by atoms with Crippen molar-refractivity contribution in [2.24, 2.45) is 0 Å². The first kappa shape index (κ1) is 20.1. The summed E-state index contributed by atoms with van der Waals surface area (Å²) in [7, 11) is 0. The van der Waals surface area contributed by atoms with Gasteiger partial charge in [0.25, 0.3) is 17.7 Å². The van der Waals surface area contributed by atoms with Crippen LogP contribution in [0.5, 0.6) is 0 Å². The zero-order valence-corrected chi connectivity index (χ0v) is 16.3. The van der Waals surface area contributed by atoms with Gasteiger partial charge in [0, 0.05) is 16.8 Å². The van der Waals surface area contributed by atoms with E-state index in [-0.39, 0.29) is 11.5 Å². The predicted molar refractivity (Wildman–Crippen MR) is 112 cm³/mol. The van der Waals surface area contributed by atoms with Crippen molar-refractivity contribution in [1.82, 2.24) is 10.9 Å². The minimum Gasteiger partial charge on any atom is -0.322 e. The third kappa shape index (κ3) is 5.21. The van der Waals surface area contributed by atoms with Crippen LogP contribution < -0.4 is 16.2 Å². The molecule has 3 aromatic rings. The summed E-state index contributed by atoms with van der Waals surface area (Å²) in [6, 6.07) is 20.0. The maximum Gasteiger partial charge on any atom is 0.269 e. The van der Waals surface area contributed by atoms with E-state index in [2.05, 4.69) is 16.2 Å². The van der Waals surface area contributed by atoms with Gasteiger partial charge in [0.15, 0.2) is 0 Å². The van der Waals surface area contributed by atoms with Crippen molar-refractivity contribution in [3.8, 4) is 0 Å². The summed E-state index contributed by atoms with van der Waals surface area (Å²) < 4.78 is 0. The topological polar surface area (TPSA) is 87.3 Å². The highest BCUT2D eigenvalue weighted by Crippen LogP contribution is 2.18. The highest BCUT2D eigenvalue weighted by molar-refractivity contribution is 6.34. The van der Waals surface area contributed by atoms with Gasteiger partial charge in [-0.05, 0) is 49.4 Å². The van der Waals surface area contributed by atoms with Crippen LogP contribution in [0.25, 0.3) is 0 Å². The Balaban J connectivity index is 1.63. The van der Waals surface area contributed by atoms with E-state index in [0.29, 0.717) is 21.8 Å². The summed E-state index contributed by atoms with van der Waals surface area (Å²) >= 11 is 6.03. The lowest BCUT2D eigenvalue weighted by molar-refractivity contribution is 0.0846. The highest BCUT2D eigenvalue weighted by atomic mass is 35.5. The first-order chi connectivity index (χ1) is 13.9. The summed E-state index contributed by atoms with van der Waals surface area (Å²) in [6.45, 7) is 1.92. The van der Waals surface area contributed by atoms with Gasteiger partial charge in [-0.15, -0.1) is 0 Å². The van der Waals surface area contributed by atoms with E-state index in [1.54, 1.807) is 54.6 Å². The summed E-state index contributed by atoms with van der Waals surface area (Å²) in [5, 5.41) is 3.03. The Morgan fingerprint density at radius 3 is 2.07 bits per heavy atom. The van der Waals surface area contributed by atoms with Crippen LogP contribution in [0.3, 0.4) is 0 Å². The standard InChI is InChI=1S/C22H18ClN3O3/c1-14-9-11-15(12-10-14)20(27)25-26-21(28)16-5-4-6-17(13-16)24-22(29)18-7-2-3-8-19(18)23/h2-13H,1H3,(H,24,29)(H,25,27)(H,26,28). The SMILES string of the molecule is Cc1ccc(C(=O)NNC(=O)c2cccc(NC(=O)c3ccccc3Cl)c2)cc1. The smallest absolute Gasteiger partial charge is 0.269 e. The van der Waals surface area contributed by atoms with Crippen LogP contribution in [0.4, 0.5) is 5.69 Å². The van der Waals surface area contributed by atoms with E-state index in [1.165, 1.54) is 6.07 Å². The molecule has 7 heteroatoms. The Hall–Kier alpha value is -3.64. The van der Waals surface area contributed by atoms with Crippen molar-refractivity contribution < 1.29 is 14.4 Å². The molecule has 3 N–H and O–H groups in total. The Kier molecular flexibility index (Phi) is 6.26. The zero-order chi connectivity index (χ0) is 20.8. The van der Waals surface area contributed by atoms with Crippen molar-refractivity contribution in [2.45, 2.75) is 6.92 Å². The molecule has 146 valence electrons. The average Bonchev–Trinajstić information content (AvgIpc) is 2.72. The van der Waals surface area contributed by atoms with Gasteiger partial charge in [-0.2, -0.15) is 0 Å². The molecule has 0 saturated carbocycles. The Morgan fingerprint density at radius 1 is 0.724 bits per heavy atom. The van der Waals surface area contributed by atoms with Gasteiger partial charge >= 0.3 is 0 Å². The summed E-state index contributed by atoms with van der Waals surface area (Å²) in [5.74, 6) is -1.33. The number of aryl methyl sites for hydroxylation is 1. The van der Waals surface area contributed by atoms with Gasteiger partial charge in [-0.1, -0.05) is 47.5 Å². The molecular weight excluding hydrogens is 390 g/mol. The van der Waals surface area contributed by atoms with E-state index in [1.807, 2.05) is 19.1 Å². The second kappa shape index (κ2) is 9.03. The van der Waals surface area contributed by atoms with Gasteiger partial charge < -0.3 is 5.32 Å². The monoisotopic (exact) mass is 407 g/mol. The number of halogens is 1. The Labute approximate surface area is 172 Å². The number of benzene rings is 3. The number of rotatable bonds is 4. The molecule has 0 aromatic heterocycles. The van der Waals surface area contributed by atoms with E-state index < -0.39 is 11.8 Å². The fraction of sp³-hybridized carbons (Fsp3) is 0.0455. The number of carbonyl (C=O) groups excluding carboxylic acids is 3. The van der Waals surface area contributed by atoms with E-state index in [0.717, 1.165) is 5.56 Å². The molecule has 3 aromatic carbocycles. The van der Waals surface area contributed by atoms with Crippen LogP contribution in [0, 0.1) is 6.92 Å². The van der Waals surface area contributed by atoms with Gasteiger partial charge in [0.2, 0.25) is 0 Å². The molecule has 0 radical (unpaired) electrons. The van der Waals surface area contributed by atoms with Crippen LogP contribution in [0.15, 0.2) is 72.8 Å². The van der Waals surface area contributed by atoms with Crippen molar-refractivity contribution in [3.63, 3.8) is 0 Å². The Bertz CT molecular complexity index is 1060. The lowest BCUT2D eigenvalue weighted by Gasteiger charge is -2.10. The van der Waals surface area contributed by atoms with Gasteiger partial charge in [-0.25, -0.2) is 0 Å². The molecule has 0 aliphatic carbocycles. The number of amides is 3. The van der Waals surface area contributed by atoms with Crippen LogP contribution in [0.2, 0.25) is 5.02 Å². The maximum absolute atomic E-state index is 12.4. The number of anilines is 1. The second-order valence-corrected chi connectivity index (χ2v) is 6.70. The molecule has 0 fully saturated rings. The molecule has 29 heavy (non-hydrogen) atoms. The molecule has 3 amide bonds. The molecule has 0 unspecified atom stereocenters. The quantitative estimate of drug-likeness (QED) is 0.572. The van der Waals surface area contributed by atoms with Crippen molar-refractivity contribution in [1.29, 1.82) is 0 Å². The minimum absolute atomic E-state index is 0.270. The lowest BCUT2D eigenvalue weighted by atomic mass is 10.1. The fourth-order valence-electron chi connectivity index (χ4n) is 2.54. The average molecular weight is 408 g/mol. The highest BCUT2D eigenvalue weighted by Gasteiger charge is 2.12. The van der Waals surface area contributed by atoms with Crippen LogP contribution in [-0.4, -0.2) is 17.7 Å². The van der Waals surface area contributed by atoms with E-state index in [4.69, 9.17) is 11.6 Å². The zero-order valence-electron chi connectivity index (χ0n) is 15.5. The first-order valence-electron chi connectivity index (χ1n) is 8.77. The van der Waals surface area contributed by atoms with Gasteiger partial charge in [-0.3, -0.25) is 25.2 Å². The fourth-order valence-corrected chi connectivity index (χ4v) is 2.77. The maximum atomic E-state index is 12.4. The van der Waals surface area contributed by atoms with Gasteiger partial charge in [0.05, 0.1) is 10.6 Å². The molecule has 0 bridgehead atoms. The van der Waals surface area contributed by atoms with E-state index >= 15 is 0 Å². The summed E-state index contributed by atoms with van der Waals surface area (Å²) in [5.41, 5.74) is 7.21. The number of carbonyl (C=O) groups is 3.